The Bertz CT molecular complexity index is 995. The van der Waals surface area contributed by atoms with E-state index in [2.05, 4.69) is 20.7 Å². The van der Waals surface area contributed by atoms with Crippen LogP contribution in [0.5, 0.6) is 5.75 Å². The highest BCUT2D eigenvalue weighted by Gasteiger charge is 2.32. The zero-order valence-electron chi connectivity index (χ0n) is 14.6. The van der Waals surface area contributed by atoms with Crippen molar-refractivity contribution in [2.75, 3.05) is 7.11 Å². The molecule has 1 heterocycles. The number of amides is 1. The van der Waals surface area contributed by atoms with Crippen molar-refractivity contribution in [3.63, 3.8) is 0 Å². The van der Waals surface area contributed by atoms with Crippen LogP contribution >= 0.6 is 0 Å². The van der Waals surface area contributed by atoms with E-state index in [0.717, 1.165) is 17.8 Å². The number of nitrogens with zero attached hydrogens (tertiary/aromatic N) is 2. The number of carbonyl (C=O) groups is 1. The summed E-state index contributed by atoms with van der Waals surface area (Å²) >= 11 is 0. The van der Waals surface area contributed by atoms with E-state index in [9.17, 15) is 18.0 Å². The molecule has 6 nitrogen and oxygen atoms in total. The maximum absolute atomic E-state index is 12.9. The van der Waals surface area contributed by atoms with E-state index in [1.54, 1.807) is 31.4 Å². The summed E-state index contributed by atoms with van der Waals surface area (Å²) in [5.41, 5.74) is 2.60. The minimum absolute atomic E-state index is 0.118. The summed E-state index contributed by atoms with van der Waals surface area (Å²) in [6.07, 6.45) is -3.56. The molecule has 0 fully saturated rings. The lowest BCUT2D eigenvalue weighted by atomic mass is 10.1. The maximum Gasteiger partial charge on any atom is 0.417 e. The van der Waals surface area contributed by atoms with Gasteiger partial charge in [-0.25, -0.2) is 5.43 Å². The first-order valence-corrected chi connectivity index (χ1v) is 8.08. The van der Waals surface area contributed by atoms with E-state index in [1.165, 1.54) is 24.3 Å². The number of hydrogen-bond acceptors (Lipinski definition) is 4. The van der Waals surface area contributed by atoms with Crippen LogP contribution in [-0.2, 0) is 6.18 Å². The number of aromatic amines is 1. The molecule has 9 heteroatoms. The van der Waals surface area contributed by atoms with Crippen molar-refractivity contribution in [1.29, 1.82) is 0 Å². The van der Waals surface area contributed by atoms with Gasteiger partial charge in [0.2, 0.25) is 0 Å². The molecule has 0 aliphatic carbocycles. The maximum atomic E-state index is 12.9. The number of alkyl halides is 3. The first kappa shape index (κ1) is 19.2. The third kappa shape index (κ3) is 4.37. The van der Waals surface area contributed by atoms with Crippen LogP contribution in [0, 0.1) is 0 Å². The Morgan fingerprint density at radius 1 is 1.18 bits per heavy atom. The van der Waals surface area contributed by atoms with Gasteiger partial charge in [-0.3, -0.25) is 9.89 Å². The molecule has 2 aromatic carbocycles. The van der Waals surface area contributed by atoms with E-state index in [-0.39, 0.29) is 11.3 Å². The number of rotatable bonds is 5. The number of carbonyl (C=O) groups excluding carboxylic acids is 1. The Balaban J connectivity index is 1.69. The van der Waals surface area contributed by atoms with Gasteiger partial charge in [0, 0.05) is 11.1 Å². The van der Waals surface area contributed by atoms with Crippen molar-refractivity contribution in [3.8, 4) is 17.0 Å². The molecule has 1 amide bonds. The second-order valence-corrected chi connectivity index (χ2v) is 5.68. The van der Waals surface area contributed by atoms with Gasteiger partial charge in [-0.2, -0.15) is 23.4 Å². The van der Waals surface area contributed by atoms with E-state index < -0.39 is 17.6 Å². The molecule has 3 rings (SSSR count). The summed E-state index contributed by atoms with van der Waals surface area (Å²) in [5, 5.41) is 10.2. The number of methoxy groups -OCH3 is 1. The largest absolute Gasteiger partial charge is 0.497 e. The molecule has 2 N–H and O–H groups in total. The fourth-order valence-corrected chi connectivity index (χ4v) is 2.44. The zero-order chi connectivity index (χ0) is 20.1. The molecule has 0 unspecified atom stereocenters. The average Bonchev–Trinajstić information content (AvgIpc) is 3.18. The number of H-pyrrole nitrogens is 1. The van der Waals surface area contributed by atoms with Gasteiger partial charge < -0.3 is 4.74 Å². The van der Waals surface area contributed by atoms with Crippen LogP contribution in [0.25, 0.3) is 11.3 Å². The van der Waals surface area contributed by atoms with Gasteiger partial charge in [0.15, 0.2) is 0 Å². The molecule has 0 radical (unpaired) electrons. The summed E-state index contributed by atoms with van der Waals surface area (Å²) in [6, 6.07) is 13.5. The number of nitrogens with one attached hydrogen (secondary N) is 2. The van der Waals surface area contributed by atoms with Crippen molar-refractivity contribution < 1.29 is 22.7 Å². The lowest BCUT2D eigenvalue weighted by molar-refractivity contribution is -0.137. The summed E-state index contributed by atoms with van der Waals surface area (Å²) in [5.74, 6) is 0.0544. The Hall–Kier alpha value is -3.62. The fourth-order valence-electron chi connectivity index (χ4n) is 2.44. The molecule has 0 aliphatic heterocycles. The third-order valence-corrected chi connectivity index (χ3v) is 3.84. The summed E-state index contributed by atoms with van der Waals surface area (Å²) < 4.78 is 43.9. The van der Waals surface area contributed by atoms with Gasteiger partial charge in [0.25, 0.3) is 5.91 Å². The number of hydrogen-bond donors (Lipinski definition) is 2. The van der Waals surface area contributed by atoms with Gasteiger partial charge in [-0.15, -0.1) is 0 Å². The SMILES string of the molecule is COc1ccc(-c2cc(C(=O)NN=Cc3ccccc3C(F)(F)F)[nH]n2)cc1. The first-order chi connectivity index (χ1) is 13.4. The normalized spacial score (nSPS) is 11.6. The second-order valence-electron chi connectivity index (χ2n) is 5.68. The smallest absolute Gasteiger partial charge is 0.417 e. The van der Waals surface area contributed by atoms with E-state index in [0.29, 0.717) is 11.4 Å². The van der Waals surface area contributed by atoms with Crippen LogP contribution in [0.1, 0.15) is 21.6 Å². The van der Waals surface area contributed by atoms with Gasteiger partial charge in [-0.1, -0.05) is 18.2 Å². The van der Waals surface area contributed by atoms with Crippen LogP contribution in [0.4, 0.5) is 13.2 Å². The molecule has 144 valence electrons. The predicted octanol–water partition coefficient (Wildman–Crippen LogP) is 3.87. The van der Waals surface area contributed by atoms with Crippen molar-refractivity contribution >= 4 is 12.1 Å². The molecule has 3 aromatic rings. The van der Waals surface area contributed by atoms with Crippen molar-refractivity contribution in [1.82, 2.24) is 15.6 Å². The topological polar surface area (TPSA) is 79.4 Å². The molecule has 1 aromatic heterocycles. The highest BCUT2D eigenvalue weighted by Crippen LogP contribution is 2.31. The second kappa shape index (κ2) is 7.95. The van der Waals surface area contributed by atoms with Crippen molar-refractivity contribution in [2.45, 2.75) is 6.18 Å². The number of halogens is 3. The monoisotopic (exact) mass is 388 g/mol. The number of aromatic nitrogens is 2. The van der Waals surface area contributed by atoms with Gasteiger partial charge in [0.1, 0.15) is 11.4 Å². The molecule has 0 saturated heterocycles. The van der Waals surface area contributed by atoms with E-state index in [1.807, 2.05) is 0 Å². The molecular formula is C19H15F3N4O2. The molecule has 0 aliphatic rings. The molecule has 0 bridgehead atoms. The molecule has 0 saturated carbocycles. The van der Waals surface area contributed by atoms with Crippen LogP contribution in [-0.4, -0.2) is 29.4 Å². The highest BCUT2D eigenvalue weighted by atomic mass is 19.4. The van der Waals surface area contributed by atoms with Gasteiger partial charge in [-0.05, 0) is 36.4 Å². The quantitative estimate of drug-likeness (QED) is 0.514. The third-order valence-electron chi connectivity index (χ3n) is 3.84. The molecule has 0 spiro atoms. The molecular weight excluding hydrogens is 373 g/mol. The molecule has 28 heavy (non-hydrogen) atoms. The Morgan fingerprint density at radius 3 is 2.57 bits per heavy atom. The predicted molar refractivity (Wildman–Crippen MR) is 97.1 cm³/mol. The van der Waals surface area contributed by atoms with Gasteiger partial charge in [0.05, 0.1) is 24.6 Å². The number of benzene rings is 2. The fraction of sp³-hybridized carbons (Fsp3) is 0.105. The van der Waals surface area contributed by atoms with Crippen molar-refractivity contribution in [2.24, 2.45) is 5.10 Å². The lowest BCUT2D eigenvalue weighted by Crippen LogP contribution is -2.18. The Morgan fingerprint density at radius 2 is 1.89 bits per heavy atom. The first-order valence-electron chi connectivity index (χ1n) is 8.08. The van der Waals surface area contributed by atoms with Crippen LogP contribution in [0.2, 0.25) is 0 Å². The summed E-state index contributed by atoms with van der Waals surface area (Å²) in [6.45, 7) is 0. The van der Waals surface area contributed by atoms with E-state index >= 15 is 0 Å². The Labute approximate surface area is 158 Å². The Kier molecular flexibility index (Phi) is 5.44. The summed E-state index contributed by atoms with van der Waals surface area (Å²) in [7, 11) is 1.56. The average molecular weight is 388 g/mol. The number of ether oxygens (including phenoxy) is 1. The van der Waals surface area contributed by atoms with Crippen LogP contribution in [0.15, 0.2) is 59.7 Å². The van der Waals surface area contributed by atoms with Crippen LogP contribution in [0.3, 0.4) is 0 Å². The summed E-state index contributed by atoms with van der Waals surface area (Å²) in [4.78, 5) is 12.1. The van der Waals surface area contributed by atoms with Crippen LogP contribution < -0.4 is 10.2 Å². The molecule has 0 atom stereocenters. The van der Waals surface area contributed by atoms with Gasteiger partial charge >= 0.3 is 6.18 Å². The standard InChI is InChI=1S/C19H15F3N4O2/c1-28-14-8-6-12(7-9-14)16-10-17(25-24-16)18(27)26-23-11-13-4-2-3-5-15(13)19(20,21)22/h2-11H,1H3,(H,24,25)(H,26,27). The minimum Gasteiger partial charge on any atom is -0.497 e. The lowest BCUT2D eigenvalue weighted by Gasteiger charge is -2.09. The highest BCUT2D eigenvalue weighted by molar-refractivity contribution is 5.94. The zero-order valence-corrected chi connectivity index (χ0v) is 14.6. The number of hydrazone groups is 1. The van der Waals surface area contributed by atoms with Crippen molar-refractivity contribution in [3.05, 3.63) is 71.4 Å². The van der Waals surface area contributed by atoms with E-state index in [4.69, 9.17) is 4.74 Å². The minimum atomic E-state index is -4.51.